The molecule has 3 aromatic carbocycles. The molecule has 0 saturated heterocycles. The van der Waals surface area contributed by atoms with Gasteiger partial charge in [-0.2, -0.15) is 0 Å². The zero-order chi connectivity index (χ0) is 17.2. The fourth-order valence-corrected chi connectivity index (χ4v) is 2.66. The smallest absolute Gasteiger partial charge is 0.336 e. The Kier molecular flexibility index (Phi) is 3.78. The van der Waals surface area contributed by atoms with Crippen molar-refractivity contribution in [3.8, 4) is 5.75 Å². The minimum atomic E-state index is -0.503. The van der Waals surface area contributed by atoms with Crippen LogP contribution in [0.25, 0.3) is 28.0 Å². The third-order valence-electron chi connectivity index (χ3n) is 3.85. The molecule has 0 aliphatic rings. The Bertz CT molecular complexity index is 1090. The first-order valence-electron chi connectivity index (χ1n) is 7.76. The van der Waals surface area contributed by atoms with Gasteiger partial charge in [0.2, 0.25) is 0 Å². The van der Waals surface area contributed by atoms with E-state index in [4.69, 9.17) is 9.15 Å². The van der Waals surface area contributed by atoms with E-state index in [0.717, 1.165) is 27.5 Å². The van der Waals surface area contributed by atoms with Crippen molar-refractivity contribution in [2.24, 2.45) is 0 Å². The summed E-state index contributed by atoms with van der Waals surface area (Å²) in [5.74, 6) is -0.385. The molecule has 25 heavy (non-hydrogen) atoms. The van der Waals surface area contributed by atoms with Crippen molar-refractivity contribution >= 4 is 34.0 Å². The van der Waals surface area contributed by atoms with Gasteiger partial charge in [0, 0.05) is 16.8 Å². The molecule has 0 spiro atoms. The molecule has 0 fully saturated rings. The second-order valence-electron chi connectivity index (χ2n) is 5.56. The first-order chi connectivity index (χ1) is 12.2. The highest BCUT2D eigenvalue weighted by atomic mass is 19.1. The molecule has 4 heteroatoms. The molecule has 0 unspecified atom stereocenters. The maximum absolute atomic E-state index is 12.9. The number of carbonyl (C=O) groups is 1. The van der Waals surface area contributed by atoms with Gasteiger partial charge < -0.3 is 9.15 Å². The third kappa shape index (κ3) is 3.15. The lowest BCUT2D eigenvalue weighted by molar-refractivity contribution is -0.128. The van der Waals surface area contributed by atoms with E-state index in [1.807, 2.05) is 24.3 Å². The van der Waals surface area contributed by atoms with Gasteiger partial charge in [0.05, 0.1) is 0 Å². The highest BCUT2D eigenvalue weighted by Crippen LogP contribution is 2.31. The molecule has 0 saturated carbocycles. The molecular formula is C21H13FO3. The molecule has 1 aromatic heterocycles. The summed E-state index contributed by atoms with van der Waals surface area (Å²) in [7, 11) is 0. The number of rotatable bonds is 3. The number of carbonyl (C=O) groups excluding carboxylic acids is 1. The zero-order valence-electron chi connectivity index (χ0n) is 13.1. The summed E-state index contributed by atoms with van der Waals surface area (Å²) in [4.78, 5) is 12.0. The molecule has 3 nitrogen and oxygen atoms in total. The molecule has 0 aliphatic carbocycles. The van der Waals surface area contributed by atoms with Gasteiger partial charge in [0.15, 0.2) is 0 Å². The Morgan fingerprint density at radius 3 is 2.52 bits per heavy atom. The summed E-state index contributed by atoms with van der Waals surface area (Å²) < 4.78 is 23.9. The van der Waals surface area contributed by atoms with Crippen molar-refractivity contribution in [2.75, 3.05) is 0 Å². The predicted octanol–water partition coefficient (Wildman–Crippen LogP) is 5.34. The number of furan rings is 1. The van der Waals surface area contributed by atoms with Crippen LogP contribution in [0.15, 0.2) is 77.2 Å². The topological polar surface area (TPSA) is 39.4 Å². The lowest BCUT2D eigenvalue weighted by Gasteiger charge is -2.01. The number of hydrogen-bond donors (Lipinski definition) is 0. The summed E-state index contributed by atoms with van der Waals surface area (Å²) in [6.45, 7) is 0. The number of benzene rings is 3. The average molecular weight is 332 g/mol. The van der Waals surface area contributed by atoms with Gasteiger partial charge in [-0.25, -0.2) is 9.18 Å². The van der Waals surface area contributed by atoms with E-state index >= 15 is 0 Å². The zero-order valence-corrected chi connectivity index (χ0v) is 13.1. The van der Waals surface area contributed by atoms with Crippen molar-refractivity contribution in [1.29, 1.82) is 0 Å². The molecule has 0 radical (unpaired) electrons. The Balaban J connectivity index is 1.56. The van der Waals surface area contributed by atoms with Crippen LogP contribution in [0.3, 0.4) is 0 Å². The van der Waals surface area contributed by atoms with Crippen LogP contribution in [0, 0.1) is 5.82 Å². The van der Waals surface area contributed by atoms with Gasteiger partial charge in [0.25, 0.3) is 0 Å². The number of hydrogen-bond acceptors (Lipinski definition) is 3. The SMILES string of the molecule is O=C(C=Cc1ccc(F)cc1)Oc1ccc2oc3ccccc3c2c1. The van der Waals surface area contributed by atoms with Crippen molar-refractivity contribution in [3.63, 3.8) is 0 Å². The van der Waals surface area contributed by atoms with E-state index in [1.54, 1.807) is 36.4 Å². The van der Waals surface area contributed by atoms with Crippen molar-refractivity contribution in [1.82, 2.24) is 0 Å². The minimum Gasteiger partial charge on any atom is -0.456 e. The van der Waals surface area contributed by atoms with Crippen molar-refractivity contribution in [3.05, 3.63) is 84.2 Å². The van der Waals surface area contributed by atoms with Crippen LogP contribution in [0.1, 0.15) is 5.56 Å². The van der Waals surface area contributed by atoms with Crippen LogP contribution < -0.4 is 4.74 Å². The average Bonchev–Trinajstić information content (AvgIpc) is 2.99. The number of esters is 1. The lowest BCUT2D eigenvalue weighted by atomic mass is 10.1. The monoisotopic (exact) mass is 332 g/mol. The molecular weight excluding hydrogens is 319 g/mol. The largest absolute Gasteiger partial charge is 0.456 e. The molecule has 0 amide bonds. The van der Waals surface area contributed by atoms with Crippen LogP contribution in [-0.2, 0) is 4.79 Å². The van der Waals surface area contributed by atoms with Crippen LogP contribution in [0.5, 0.6) is 5.75 Å². The molecule has 0 atom stereocenters. The van der Waals surface area contributed by atoms with Crippen LogP contribution in [0.4, 0.5) is 4.39 Å². The molecule has 4 aromatic rings. The lowest BCUT2D eigenvalue weighted by Crippen LogP contribution is -2.03. The Labute approximate surface area is 142 Å². The maximum Gasteiger partial charge on any atom is 0.336 e. The molecule has 1 heterocycles. The van der Waals surface area contributed by atoms with Crippen molar-refractivity contribution in [2.45, 2.75) is 0 Å². The minimum absolute atomic E-state index is 0.319. The standard InChI is InChI=1S/C21H13FO3/c22-15-8-5-14(6-9-15)7-12-21(23)24-16-10-11-20-18(13-16)17-3-1-2-4-19(17)25-20/h1-13H. The van der Waals surface area contributed by atoms with Gasteiger partial charge in [-0.05, 0) is 48.0 Å². The predicted molar refractivity (Wildman–Crippen MR) is 94.8 cm³/mol. The summed E-state index contributed by atoms with van der Waals surface area (Å²) in [5.41, 5.74) is 2.25. The normalized spacial score (nSPS) is 11.4. The summed E-state index contributed by atoms with van der Waals surface area (Å²) in [5, 5.41) is 1.86. The summed E-state index contributed by atoms with van der Waals surface area (Å²) >= 11 is 0. The Hall–Kier alpha value is -3.40. The highest BCUT2D eigenvalue weighted by Gasteiger charge is 2.08. The van der Waals surface area contributed by atoms with E-state index in [-0.39, 0.29) is 5.82 Å². The summed E-state index contributed by atoms with van der Waals surface area (Å²) in [6.07, 6.45) is 2.89. The number of ether oxygens (including phenoxy) is 1. The second kappa shape index (κ2) is 6.24. The number of para-hydroxylation sites is 1. The number of fused-ring (bicyclic) bond motifs is 3. The number of halogens is 1. The van der Waals surface area contributed by atoms with Crippen LogP contribution in [0.2, 0.25) is 0 Å². The van der Waals surface area contributed by atoms with Gasteiger partial charge >= 0.3 is 5.97 Å². The Morgan fingerprint density at radius 1 is 0.920 bits per heavy atom. The van der Waals surface area contributed by atoms with Crippen molar-refractivity contribution < 1.29 is 18.3 Å². The van der Waals surface area contributed by atoms with Crippen LogP contribution >= 0.6 is 0 Å². The maximum atomic E-state index is 12.9. The van der Waals surface area contributed by atoms with Gasteiger partial charge in [-0.1, -0.05) is 30.3 Å². The van der Waals surface area contributed by atoms with E-state index in [9.17, 15) is 9.18 Å². The highest BCUT2D eigenvalue weighted by molar-refractivity contribution is 6.05. The van der Waals surface area contributed by atoms with Gasteiger partial charge in [-0.15, -0.1) is 0 Å². The van der Waals surface area contributed by atoms with E-state index in [1.165, 1.54) is 18.2 Å². The quantitative estimate of drug-likeness (QED) is 0.289. The third-order valence-corrected chi connectivity index (χ3v) is 3.85. The molecule has 0 aliphatic heterocycles. The first-order valence-corrected chi connectivity index (χ1v) is 7.76. The Morgan fingerprint density at radius 2 is 1.68 bits per heavy atom. The molecule has 0 bridgehead atoms. The molecule has 4 rings (SSSR count). The van der Waals surface area contributed by atoms with E-state index in [2.05, 4.69) is 0 Å². The summed E-state index contributed by atoms with van der Waals surface area (Å²) in [6, 6.07) is 18.8. The molecule has 0 N–H and O–H groups in total. The fourth-order valence-electron chi connectivity index (χ4n) is 2.66. The van der Waals surface area contributed by atoms with Gasteiger partial charge in [-0.3, -0.25) is 0 Å². The van der Waals surface area contributed by atoms with Crippen LogP contribution in [-0.4, -0.2) is 5.97 Å². The fraction of sp³-hybridized carbons (Fsp3) is 0. The van der Waals surface area contributed by atoms with Gasteiger partial charge in [0.1, 0.15) is 22.7 Å². The first kappa shape index (κ1) is 15.1. The van der Waals surface area contributed by atoms with E-state index < -0.39 is 5.97 Å². The second-order valence-corrected chi connectivity index (χ2v) is 5.56. The molecule has 122 valence electrons. The van der Waals surface area contributed by atoms with E-state index in [0.29, 0.717) is 5.75 Å².